The van der Waals surface area contributed by atoms with Gasteiger partial charge in [0.25, 0.3) is 0 Å². The highest BCUT2D eigenvalue weighted by Crippen LogP contribution is 2.42. The molecule has 0 unspecified atom stereocenters. The van der Waals surface area contributed by atoms with Gasteiger partial charge in [0.15, 0.2) is 0 Å². The number of nitrogens with two attached hydrogens (primary N) is 1. The Morgan fingerprint density at radius 3 is 2.94 bits per heavy atom. The molecule has 0 atom stereocenters. The average molecular weight is 250 g/mol. The summed E-state index contributed by atoms with van der Waals surface area (Å²) < 4.78 is 0. The van der Waals surface area contributed by atoms with Gasteiger partial charge in [-0.2, -0.15) is 0 Å². The molecule has 0 radical (unpaired) electrons. The monoisotopic (exact) mass is 250 g/mol. The molecule has 0 amide bonds. The Kier molecular flexibility index (Phi) is 2.79. The summed E-state index contributed by atoms with van der Waals surface area (Å²) in [5, 5.41) is 3.35. The van der Waals surface area contributed by atoms with E-state index in [0.29, 0.717) is 12.5 Å². The molecule has 1 saturated carbocycles. The molecule has 0 spiro atoms. The zero-order valence-corrected chi connectivity index (χ0v) is 10.6. The number of aromatic nitrogens is 1. The first-order valence-corrected chi connectivity index (χ1v) is 7.27. The molecular weight excluding hydrogens is 236 g/mol. The molecule has 2 aromatic rings. The molecule has 1 aliphatic carbocycles. The summed E-state index contributed by atoms with van der Waals surface area (Å²) in [5.74, 6) is 0.715. The number of thiophene rings is 1. The molecule has 4 heteroatoms. The summed E-state index contributed by atoms with van der Waals surface area (Å²) in [4.78, 5) is 7.45. The van der Waals surface area contributed by atoms with E-state index in [0.717, 1.165) is 6.42 Å². The molecule has 2 aromatic heterocycles. The van der Waals surface area contributed by atoms with Gasteiger partial charge in [-0.05, 0) is 24.3 Å². The average Bonchev–Trinajstić information content (AvgIpc) is 2.86. The van der Waals surface area contributed by atoms with Crippen LogP contribution in [0.2, 0.25) is 0 Å². The van der Waals surface area contributed by atoms with Crippen molar-refractivity contribution in [3.05, 3.63) is 38.0 Å². The normalized spacial score (nSPS) is 15.6. The molecule has 2 N–H and O–H groups in total. The van der Waals surface area contributed by atoms with Gasteiger partial charge in [0.05, 0.1) is 10.7 Å². The zero-order chi connectivity index (χ0) is 11.0. The highest BCUT2D eigenvalue weighted by Gasteiger charge is 2.29. The predicted octanol–water partition coefficient (Wildman–Crippen LogP) is 3.13. The largest absolute Gasteiger partial charge is 0.326 e. The van der Waals surface area contributed by atoms with E-state index in [1.54, 1.807) is 22.7 Å². The van der Waals surface area contributed by atoms with Crippen LogP contribution in [0.3, 0.4) is 0 Å². The Bertz CT molecular complexity index is 469. The lowest BCUT2D eigenvalue weighted by Crippen LogP contribution is -1.96. The SMILES string of the molecule is NCc1sc(Cc2cccs2)nc1C1CC1. The third-order valence-corrected chi connectivity index (χ3v) is 4.80. The molecule has 0 aromatic carbocycles. The van der Waals surface area contributed by atoms with Crippen molar-refractivity contribution in [2.75, 3.05) is 0 Å². The maximum atomic E-state index is 5.78. The second kappa shape index (κ2) is 4.28. The van der Waals surface area contributed by atoms with Gasteiger partial charge in [0, 0.05) is 28.6 Å². The Labute approximate surface area is 103 Å². The third-order valence-electron chi connectivity index (χ3n) is 2.83. The van der Waals surface area contributed by atoms with E-state index in [9.17, 15) is 0 Å². The lowest BCUT2D eigenvalue weighted by Gasteiger charge is -1.93. The van der Waals surface area contributed by atoms with Crippen molar-refractivity contribution in [1.29, 1.82) is 0 Å². The summed E-state index contributed by atoms with van der Waals surface area (Å²) in [6.07, 6.45) is 3.58. The van der Waals surface area contributed by atoms with Crippen molar-refractivity contribution in [2.45, 2.75) is 31.7 Å². The molecule has 1 aliphatic rings. The smallest absolute Gasteiger partial charge is 0.0983 e. The number of hydrogen-bond donors (Lipinski definition) is 1. The standard InChI is InChI=1S/C12H14N2S2/c13-7-10-12(8-3-4-8)14-11(16-10)6-9-2-1-5-15-9/h1-2,5,8H,3-4,6-7,13H2. The van der Waals surface area contributed by atoms with Crippen molar-refractivity contribution in [2.24, 2.45) is 5.73 Å². The molecule has 2 nitrogen and oxygen atoms in total. The Balaban J connectivity index is 1.84. The second-order valence-corrected chi connectivity index (χ2v) is 6.35. The summed E-state index contributed by atoms with van der Waals surface area (Å²) in [7, 11) is 0. The molecule has 0 aliphatic heterocycles. The van der Waals surface area contributed by atoms with Crippen molar-refractivity contribution < 1.29 is 0 Å². The Morgan fingerprint density at radius 1 is 1.44 bits per heavy atom. The molecule has 84 valence electrons. The predicted molar refractivity (Wildman–Crippen MR) is 69.1 cm³/mol. The maximum Gasteiger partial charge on any atom is 0.0983 e. The van der Waals surface area contributed by atoms with Gasteiger partial charge in [-0.1, -0.05) is 6.07 Å². The van der Waals surface area contributed by atoms with E-state index in [4.69, 9.17) is 10.7 Å². The number of nitrogens with zero attached hydrogens (tertiary/aromatic N) is 1. The third kappa shape index (κ3) is 2.05. The van der Waals surface area contributed by atoms with E-state index in [1.165, 1.54) is 33.3 Å². The maximum absolute atomic E-state index is 5.78. The number of rotatable bonds is 4. The van der Waals surface area contributed by atoms with E-state index < -0.39 is 0 Å². The number of thiazole rings is 1. The van der Waals surface area contributed by atoms with Crippen LogP contribution in [0.15, 0.2) is 17.5 Å². The van der Waals surface area contributed by atoms with E-state index in [-0.39, 0.29) is 0 Å². The van der Waals surface area contributed by atoms with Crippen LogP contribution < -0.4 is 5.73 Å². The van der Waals surface area contributed by atoms with Crippen LogP contribution in [-0.2, 0) is 13.0 Å². The first-order chi connectivity index (χ1) is 7.86. The minimum absolute atomic E-state index is 0.647. The lowest BCUT2D eigenvalue weighted by atomic mass is 10.2. The van der Waals surface area contributed by atoms with Crippen LogP contribution in [0.1, 0.15) is 39.2 Å². The van der Waals surface area contributed by atoms with Gasteiger partial charge < -0.3 is 5.73 Å². The van der Waals surface area contributed by atoms with E-state index >= 15 is 0 Å². The summed E-state index contributed by atoms with van der Waals surface area (Å²) >= 11 is 3.60. The molecule has 3 rings (SSSR count). The first-order valence-electron chi connectivity index (χ1n) is 5.57. The molecule has 0 bridgehead atoms. The second-order valence-electron chi connectivity index (χ2n) is 4.15. The minimum Gasteiger partial charge on any atom is -0.326 e. The quantitative estimate of drug-likeness (QED) is 0.905. The molecule has 16 heavy (non-hydrogen) atoms. The topological polar surface area (TPSA) is 38.9 Å². The van der Waals surface area contributed by atoms with Crippen LogP contribution in [0, 0.1) is 0 Å². The van der Waals surface area contributed by atoms with Crippen molar-refractivity contribution in [1.82, 2.24) is 4.98 Å². The zero-order valence-electron chi connectivity index (χ0n) is 8.98. The van der Waals surface area contributed by atoms with Gasteiger partial charge in [-0.15, -0.1) is 22.7 Å². The number of hydrogen-bond acceptors (Lipinski definition) is 4. The summed E-state index contributed by atoms with van der Waals surface area (Å²) in [5.41, 5.74) is 7.07. The van der Waals surface area contributed by atoms with Crippen LogP contribution in [0.5, 0.6) is 0 Å². The van der Waals surface area contributed by atoms with Crippen LogP contribution in [0.25, 0.3) is 0 Å². The lowest BCUT2D eigenvalue weighted by molar-refractivity contribution is 0.961. The Morgan fingerprint density at radius 2 is 2.31 bits per heavy atom. The minimum atomic E-state index is 0.647. The first kappa shape index (κ1) is 10.4. The van der Waals surface area contributed by atoms with Crippen molar-refractivity contribution in [3.63, 3.8) is 0 Å². The van der Waals surface area contributed by atoms with E-state index in [2.05, 4.69) is 17.5 Å². The fraction of sp³-hybridized carbons (Fsp3) is 0.417. The Hall–Kier alpha value is -0.710. The van der Waals surface area contributed by atoms with Crippen molar-refractivity contribution >= 4 is 22.7 Å². The molecule has 1 fully saturated rings. The fourth-order valence-electron chi connectivity index (χ4n) is 1.87. The van der Waals surface area contributed by atoms with Crippen LogP contribution >= 0.6 is 22.7 Å². The van der Waals surface area contributed by atoms with Gasteiger partial charge in [-0.3, -0.25) is 0 Å². The van der Waals surface area contributed by atoms with Crippen LogP contribution in [0.4, 0.5) is 0 Å². The highest BCUT2D eigenvalue weighted by atomic mass is 32.1. The van der Waals surface area contributed by atoms with E-state index in [1.807, 2.05) is 0 Å². The van der Waals surface area contributed by atoms with Gasteiger partial charge >= 0.3 is 0 Å². The fourth-order valence-corrected chi connectivity index (χ4v) is 3.73. The molecule has 0 saturated heterocycles. The van der Waals surface area contributed by atoms with Gasteiger partial charge in [0.1, 0.15) is 0 Å². The van der Waals surface area contributed by atoms with Crippen LogP contribution in [-0.4, -0.2) is 4.98 Å². The summed E-state index contributed by atoms with van der Waals surface area (Å²) in [6, 6.07) is 4.27. The molecule has 2 heterocycles. The summed E-state index contributed by atoms with van der Waals surface area (Å²) in [6.45, 7) is 0.647. The van der Waals surface area contributed by atoms with Gasteiger partial charge in [-0.25, -0.2) is 4.98 Å². The van der Waals surface area contributed by atoms with Crippen molar-refractivity contribution in [3.8, 4) is 0 Å². The molecular formula is C12H14N2S2. The highest BCUT2D eigenvalue weighted by molar-refractivity contribution is 7.12. The van der Waals surface area contributed by atoms with Gasteiger partial charge in [0.2, 0.25) is 0 Å².